The van der Waals surface area contributed by atoms with E-state index < -0.39 is 7.60 Å². The molecule has 0 aliphatic heterocycles. The molecule has 0 aliphatic carbocycles. The summed E-state index contributed by atoms with van der Waals surface area (Å²) in [6.07, 6.45) is 0.586. The summed E-state index contributed by atoms with van der Waals surface area (Å²) < 4.78 is 10.7. The van der Waals surface area contributed by atoms with E-state index in [2.05, 4.69) is 5.32 Å². The van der Waals surface area contributed by atoms with Gasteiger partial charge in [-0.15, -0.1) is 0 Å². The first-order valence-electron chi connectivity index (χ1n) is 5.09. The van der Waals surface area contributed by atoms with Crippen LogP contribution in [0.4, 0.5) is 5.69 Å². The monoisotopic (exact) mass is 244 g/mol. The predicted molar refractivity (Wildman–Crippen MR) is 64.6 cm³/mol. The van der Waals surface area contributed by atoms with Crippen molar-refractivity contribution in [1.29, 1.82) is 0 Å². The molecule has 0 unspecified atom stereocenters. The SMILES string of the molecule is NCCc1ccccc1NCCP(=O)(O)O. The molecule has 5 N–H and O–H groups in total. The third-order valence-corrected chi connectivity index (χ3v) is 2.96. The molecule has 1 aromatic rings. The molecule has 0 aromatic heterocycles. The predicted octanol–water partition coefficient (Wildman–Crippen LogP) is 0.777. The van der Waals surface area contributed by atoms with Gasteiger partial charge in [0.2, 0.25) is 0 Å². The van der Waals surface area contributed by atoms with Crippen LogP contribution in [0.25, 0.3) is 0 Å². The van der Waals surface area contributed by atoms with E-state index >= 15 is 0 Å². The number of nitrogens with two attached hydrogens (primary N) is 1. The molecule has 0 fully saturated rings. The van der Waals surface area contributed by atoms with E-state index in [1.54, 1.807) is 0 Å². The molecule has 90 valence electrons. The average molecular weight is 244 g/mol. The van der Waals surface area contributed by atoms with Crippen molar-refractivity contribution in [1.82, 2.24) is 0 Å². The summed E-state index contributed by atoms with van der Waals surface area (Å²) in [7, 11) is -3.92. The Balaban J connectivity index is 2.56. The zero-order chi connectivity index (χ0) is 12.0. The van der Waals surface area contributed by atoms with Crippen molar-refractivity contribution in [2.75, 3.05) is 24.6 Å². The minimum atomic E-state index is -3.92. The fourth-order valence-corrected chi connectivity index (χ4v) is 1.81. The molecule has 0 saturated carbocycles. The lowest BCUT2D eigenvalue weighted by molar-refractivity contribution is 0.374. The van der Waals surface area contributed by atoms with Gasteiger partial charge >= 0.3 is 7.60 Å². The Morgan fingerprint density at radius 2 is 2.00 bits per heavy atom. The number of anilines is 1. The molecule has 6 heteroatoms. The van der Waals surface area contributed by atoms with Crippen molar-refractivity contribution in [2.24, 2.45) is 5.73 Å². The van der Waals surface area contributed by atoms with E-state index in [4.69, 9.17) is 15.5 Å². The molecule has 16 heavy (non-hydrogen) atoms. The highest BCUT2D eigenvalue weighted by Crippen LogP contribution is 2.33. The molecule has 0 spiro atoms. The van der Waals surface area contributed by atoms with Crippen LogP contribution in [0.2, 0.25) is 0 Å². The van der Waals surface area contributed by atoms with Crippen LogP contribution in [0.5, 0.6) is 0 Å². The Morgan fingerprint density at radius 3 is 2.62 bits per heavy atom. The van der Waals surface area contributed by atoms with Crippen molar-refractivity contribution < 1.29 is 14.4 Å². The van der Waals surface area contributed by atoms with Gasteiger partial charge in [0.15, 0.2) is 0 Å². The highest BCUT2D eigenvalue weighted by Gasteiger charge is 2.11. The van der Waals surface area contributed by atoms with Gasteiger partial charge in [0.1, 0.15) is 0 Å². The van der Waals surface area contributed by atoms with Crippen LogP contribution in [0, 0.1) is 0 Å². The van der Waals surface area contributed by atoms with Crippen molar-refractivity contribution >= 4 is 13.3 Å². The molecule has 5 nitrogen and oxygen atoms in total. The number of para-hydroxylation sites is 1. The zero-order valence-corrected chi connectivity index (χ0v) is 9.86. The molecule has 0 aliphatic rings. The van der Waals surface area contributed by atoms with E-state index in [0.29, 0.717) is 6.54 Å². The van der Waals surface area contributed by atoms with E-state index in [1.165, 1.54) is 0 Å². The van der Waals surface area contributed by atoms with E-state index in [0.717, 1.165) is 17.7 Å². The second-order valence-corrected chi connectivity index (χ2v) is 5.29. The van der Waals surface area contributed by atoms with Crippen LogP contribution < -0.4 is 11.1 Å². The summed E-state index contributed by atoms with van der Waals surface area (Å²) in [6.45, 7) is 0.809. The highest BCUT2D eigenvalue weighted by atomic mass is 31.2. The van der Waals surface area contributed by atoms with E-state index in [-0.39, 0.29) is 12.7 Å². The van der Waals surface area contributed by atoms with Crippen LogP contribution >= 0.6 is 7.60 Å². The standard InChI is InChI=1S/C10H17N2O3P/c11-6-5-9-3-1-2-4-10(9)12-7-8-16(13,14)15/h1-4,12H,5-8,11H2,(H2,13,14,15). The fourth-order valence-electron chi connectivity index (χ4n) is 1.40. The van der Waals surface area contributed by atoms with Crippen molar-refractivity contribution in [2.45, 2.75) is 6.42 Å². The summed E-state index contributed by atoms with van der Waals surface area (Å²) in [5, 5.41) is 3.01. The van der Waals surface area contributed by atoms with Gasteiger partial charge in [-0.2, -0.15) is 0 Å². The lowest BCUT2D eigenvalue weighted by atomic mass is 10.1. The van der Waals surface area contributed by atoms with Crippen molar-refractivity contribution in [3.63, 3.8) is 0 Å². The summed E-state index contributed by atoms with van der Waals surface area (Å²) in [4.78, 5) is 17.4. The fraction of sp³-hybridized carbons (Fsp3) is 0.400. The van der Waals surface area contributed by atoms with E-state index in [1.807, 2.05) is 24.3 Å². The number of hydrogen-bond donors (Lipinski definition) is 4. The maximum atomic E-state index is 10.7. The average Bonchev–Trinajstić information content (AvgIpc) is 2.19. The highest BCUT2D eigenvalue weighted by molar-refractivity contribution is 7.51. The largest absolute Gasteiger partial charge is 0.384 e. The topological polar surface area (TPSA) is 95.6 Å². The molecular formula is C10H17N2O3P. The summed E-state index contributed by atoms with van der Waals surface area (Å²) in [6, 6.07) is 7.62. The molecule has 0 bridgehead atoms. The summed E-state index contributed by atoms with van der Waals surface area (Å²) in [5.41, 5.74) is 7.43. The lowest BCUT2D eigenvalue weighted by Gasteiger charge is -2.11. The molecule has 0 saturated heterocycles. The van der Waals surface area contributed by atoms with Crippen LogP contribution in [0.15, 0.2) is 24.3 Å². The Morgan fingerprint density at radius 1 is 1.31 bits per heavy atom. The van der Waals surface area contributed by atoms with Gasteiger partial charge in [0, 0.05) is 12.2 Å². The van der Waals surface area contributed by atoms with Crippen LogP contribution in [-0.4, -0.2) is 29.0 Å². The minimum Gasteiger partial charge on any atom is -0.384 e. The Labute approximate surface area is 94.8 Å². The van der Waals surface area contributed by atoms with Gasteiger partial charge in [-0.3, -0.25) is 4.57 Å². The van der Waals surface area contributed by atoms with Gasteiger partial charge in [-0.05, 0) is 24.6 Å². The first-order chi connectivity index (χ1) is 7.53. The number of rotatable bonds is 6. The third-order valence-electron chi connectivity index (χ3n) is 2.15. The molecule has 1 rings (SSSR count). The third kappa shape index (κ3) is 4.77. The second-order valence-electron chi connectivity index (χ2n) is 3.51. The zero-order valence-electron chi connectivity index (χ0n) is 8.97. The Kier molecular flexibility index (Phi) is 4.96. The molecule has 0 heterocycles. The normalized spacial score (nSPS) is 11.4. The lowest BCUT2D eigenvalue weighted by Crippen LogP contribution is -2.10. The number of hydrogen-bond acceptors (Lipinski definition) is 3. The van der Waals surface area contributed by atoms with Crippen LogP contribution in [0.3, 0.4) is 0 Å². The Bertz CT molecular complexity index is 378. The van der Waals surface area contributed by atoms with Crippen molar-refractivity contribution in [3.05, 3.63) is 29.8 Å². The quantitative estimate of drug-likeness (QED) is 0.554. The van der Waals surface area contributed by atoms with Gasteiger partial charge in [0.05, 0.1) is 6.16 Å². The second kappa shape index (κ2) is 6.01. The molecule has 0 radical (unpaired) electrons. The summed E-state index contributed by atoms with van der Waals surface area (Å²) >= 11 is 0. The van der Waals surface area contributed by atoms with Crippen LogP contribution in [-0.2, 0) is 11.0 Å². The Hall–Kier alpha value is -0.870. The molecule has 0 atom stereocenters. The van der Waals surface area contributed by atoms with Gasteiger partial charge < -0.3 is 20.8 Å². The van der Waals surface area contributed by atoms with Gasteiger partial charge in [-0.25, -0.2) is 0 Å². The molecular weight excluding hydrogens is 227 g/mol. The van der Waals surface area contributed by atoms with Crippen LogP contribution in [0.1, 0.15) is 5.56 Å². The summed E-state index contributed by atoms with van der Waals surface area (Å²) in [5.74, 6) is 0. The number of benzene rings is 1. The minimum absolute atomic E-state index is 0.163. The van der Waals surface area contributed by atoms with Crippen molar-refractivity contribution in [3.8, 4) is 0 Å². The maximum Gasteiger partial charge on any atom is 0.327 e. The number of nitrogens with one attached hydrogen (secondary N) is 1. The smallest absolute Gasteiger partial charge is 0.327 e. The molecule has 0 amide bonds. The first kappa shape index (κ1) is 13.2. The van der Waals surface area contributed by atoms with E-state index in [9.17, 15) is 4.57 Å². The van der Waals surface area contributed by atoms with Gasteiger partial charge in [-0.1, -0.05) is 18.2 Å². The van der Waals surface area contributed by atoms with Gasteiger partial charge in [0.25, 0.3) is 0 Å². The molecule has 1 aromatic carbocycles. The first-order valence-corrected chi connectivity index (χ1v) is 6.89. The maximum absolute atomic E-state index is 10.7.